The Morgan fingerprint density at radius 1 is 1.09 bits per heavy atom. The van der Waals surface area contributed by atoms with Gasteiger partial charge in [0.1, 0.15) is 12.4 Å². The largest absolute Gasteiger partial charge is 0.486 e. The number of nitrogens with zero attached hydrogens (tertiary/aromatic N) is 2. The molecule has 0 radical (unpaired) electrons. The van der Waals surface area contributed by atoms with E-state index in [4.69, 9.17) is 4.74 Å². The van der Waals surface area contributed by atoms with Gasteiger partial charge in [-0.2, -0.15) is 0 Å². The molecule has 1 aromatic carbocycles. The summed E-state index contributed by atoms with van der Waals surface area (Å²) in [6.45, 7) is 6.91. The number of hydrogen-bond acceptors (Lipinski definition) is 4. The van der Waals surface area contributed by atoms with Gasteiger partial charge in [0.15, 0.2) is 5.78 Å². The van der Waals surface area contributed by atoms with Crippen LogP contribution in [0.2, 0.25) is 0 Å². The summed E-state index contributed by atoms with van der Waals surface area (Å²) in [7, 11) is 0. The summed E-state index contributed by atoms with van der Waals surface area (Å²) in [5, 5.41) is 0. The van der Waals surface area contributed by atoms with E-state index < -0.39 is 0 Å². The SMILES string of the molecule is CCC(=O)COc1ccc(N2CCC(N3CCCC3)CC2)cc1. The zero-order valence-electron chi connectivity index (χ0n) is 14.2. The third kappa shape index (κ3) is 4.25. The van der Waals surface area contributed by atoms with Crippen LogP contribution in [0.3, 0.4) is 0 Å². The van der Waals surface area contributed by atoms with E-state index in [1.165, 1.54) is 44.5 Å². The first kappa shape index (κ1) is 16.3. The minimum absolute atomic E-state index is 0.137. The fourth-order valence-electron chi connectivity index (χ4n) is 3.62. The van der Waals surface area contributed by atoms with Crippen LogP contribution in [0.5, 0.6) is 5.75 Å². The third-order valence-electron chi connectivity index (χ3n) is 5.12. The van der Waals surface area contributed by atoms with Crippen LogP contribution >= 0.6 is 0 Å². The van der Waals surface area contributed by atoms with Gasteiger partial charge in [0, 0.05) is 31.2 Å². The number of Topliss-reactive ketones (excluding diaryl/α,β-unsaturated/α-hetero) is 1. The van der Waals surface area contributed by atoms with E-state index in [0.717, 1.165) is 24.9 Å². The topological polar surface area (TPSA) is 32.8 Å². The zero-order valence-corrected chi connectivity index (χ0v) is 14.2. The lowest BCUT2D eigenvalue weighted by Gasteiger charge is -2.37. The fourth-order valence-corrected chi connectivity index (χ4v) is 3.62. The van der Waals surface area contributed by atoms with Crippen LogP contribution in [-0.4, -0.2) is 49.5 Å². The highest BCUT2D eigenvalue weighted by Gasteiger charge is 2.26. The summed E-state index contributed by atoms with van der Waals surface area (Å²) in [5.41, 5.74) is 1.26. The maximum absolute atomic E-state index is 11.3. The average molecular weight is 316 g/mol. The maximum atomic E-state index is 11.3. The molecule has 0 atom stereocenters. The summed E-state index contributed by atoms with van der Waals surface area (Å²) in [5.74, 6) is 0.917. The van der Waals surface area contributed by atoms with Gasteiger partial charge in [0.25, 0.3) is 0 Å². The molecule has 2 saturated heterocycles. The van der Waals surface area contributed by atoms with Crippen molar-refractivity contribution in [1.82, 2.24) is 4.90 Å². The molecule has 4 heteroatoms. The first-order valence-electron chi connectivity index (χ1n) is 9.00. The Hall–Kier alpha value is -1.55. The monoisotopic (exact) mass is 316 g/mol. The van der Waals surface area contributed by atoms with Crippen LogP contribution < -0.4 is 9.64 Å². The minimum Gasteiger partial charge on any atom is -0.486 e. The van der Waals surface area contributed by atoms with Gasteiger partial charge in [-0.3, -0.25) is 4.79 Å². The standard InChI is InChI=1S/C19H28N2O2/c1-2-18(22)15-23-19-7-5-16(6-8-19)21-13-9-17(10-14-21)20-11-3-4-12-20/h5-8,17H,2-4,9-15H2,1H3. The molecule has 4 nitrogen and oxygen atoms in total. The van der Waals surface area contributed by atoms with Gasteiger partial charge >= 0.3 is 0 Å². The Balaban J connectivity index is 1.49. The number of benzene rings is 1. The number of rotatable bonds is 6. The van der Waals surface area contributed by atoms with E-state index in [1.54, 1.807) is 0 Å². The van der Waals surface area contributed by atoms with Crippen LogP contribution in [0.15, 0.2) is 24.3 Å². The predicted molar refractivity (Wildman–Crippen MR) is 93.3 cm³/mol. The van der Waals surface area contributed by atoms with Crippen molar-refractivity contribution in [3.63, 3.8) is 0 Å². The van der Waals surface area contributed by atoms with Crippen LogP contribution in [0.1, 0.15) is 39.0 Å². The van der Waals surface area contributed by atoms with Crippen molar-refractivity contribution in [2.45, 2.75) is 45.1 Å². The molecule has 0 aromatic heterocycles. The Morgan fingerprint density at radius 3 is 2.35 bits per heavy atom. The fraction of sp³-hybridized carbons (Fsp3) is 0.632. The van der Waals surface area contributed by atoms with E-state index in [9.17, 15) is 4.79 Å². The molecule has 0 saturated carbocycles. The van der Waals surface area contributed by atoms with Crippen LogP contribution in [0, 0.1) is 0 Å². The van der Waals surface area contributed by atoms with Gasteiger partial charge < -0.3 is 14.5 Å². The third-order valence-corrected chi connectivity index (χ3v) is 5.12. The number of anilines is 1. The average Bonchev–Trinajstić information content (AvgIpc) is 3.15. The van der Waals surface area contributed by atoms with Gasteiger partial charge in [-0.05, 0) is 63.0 Å². The Morgan fingerprint density at radius 2 is 1.74 bits per heavy atom. The van der Waals surface area contributed by atoms with Crippen LogP contribution in [-0.2, 0) is 4.79 Å². The number of ketones is 1. The first-order valence-corrected chi connectivity index (χ1v) is 9.00. The van der Waals surface area contributed by atoms with Gasteiger partial charge in [0.05, 0.1) is 0 Å². The van der Waals surface area contributed by atoms with E-state index in [-0.39, 0.29) is 12.4 Å². The molecule has 0 aliphatic carbocycles. The highest BCUT2D eigenvalue weighted by atomic mass is 16.5. The Labute approximate surface area is 139 Å². The molecule has 23 heavy (non-hydrogen) atoms. The quantitative estimate of drug-likeness (QED) is 0.807. The molecule has 3 rings (SSSR count). The molecule has 1 aromatic rings. The van der Waals surface area contributed by atoms with E-state index in [0.29, 0.717) is 6.42 Å². The summed E-state index contributed by atoms with van der Waals surface area (Å²) in [6.07, 6.45) is 5.82. The highest BCUT2D eigenvalue weighted by Crippen LogP contribution is 2.26. The van der Waals surface area contributed by atoms with Gasteiger partial charge in [-0.25, -0.2) is 0 Å². The normalized spacial score (nSPS) is 20.0. The lowest BCUT2D eigenvalue weighted by Crippen LogP contribution is -2.43. The highest BCUT2D eigenvalue weighted by molar-refractivity contribution is 5.79. The lowest BCUT2D eigenvalue weighted by molar-refractivity contribution is -0.120. The second-order valence-electron chi connectivity index (χ2n) is 6.64. The second kappa shape index (κ2) is 7.82. The molecular formula is C19H28N2O2. The van der Waals surface area contributed by atoms with Crippen LogP contribution in [0.25, 0.3) is 0 Å². The summed E-state index contributed by atoms with van der Waals surface area (Å²) >= 11 is 0. The molecule has 2 aliphatic heterocycles. The predicted octanol–water partition coefficient (Wildman–Crippen LogP) is 3.11. The summed E-state index contributed by atoms with van der Waals surface area (Å²) < 4.78 is 5.51. The molecule has 2 fully saturated rings. The molecule has 2 aliphatic rings. The maximum Gasteiger partial charge on any atom is 0.169 e. The molecule has 0 N–H and O–H groups in total. The molecule has 2 heterocycles. The number of carbonyl (C=O) groups excluding carboxylic acids is 1. The van der Waals surface area contributed by atoms with Crippen molar-refractivity contribution >= 4 is 11.5 Å². The molecular weight excluding hydrogens is 288 g/mol. The van der Waals surface area contributed by atoms with Crippen molar-refractivity contribution in [2.75, 3.05) is 37.7 Å². The van der Waals surface area contributed by atoms with Crippen molar-refractivity contribution in [1.29, 1.82) is 0 Å². The van der Waals surface area contributed by atoms with E-state index in [1.807, 2.05) is 19.1 Å². The van der Waals surface area contributed by atoms with Crippen molar-refractivity contribution in [3.05, 3.63) is 24.3 Å². The smallest absolute Gasteiger partial charge is 0.169 e. The Bertz CT molecular complexity index is 501. The first-order chi connectivity index (χ1) is 11.3. The lowest BCUT2D eigenvalue weighted by atomic mass is 10.0. The van der Waals surface area contributed by atoms with E-state index >= 15 is 0 Å². The van der Waals surface area contributed by atoms with Crippen molar-refractivity contribution in [3.8, 4) is 5.75 Å². The van der Waals surface area contributed by atoms with Gasteiger partial charge in [0.2, 0.25) is 0 Å². The molecule has 0 spiro atoms. The van der Waals surface area contributed by atoms with Gasteiger partial charge in [-0.1, -0.05) is 6.92 Å². The number of carbonyl (C=O) groups is 1. The van der Waals surface area contributed by atoms with Gasteiger partial charge in [-0.15, -0.1) is 0 Å². The summed E-state index contributed by atoms with van der Waals surface area (Å²) in [4.78, 5) is 16.4. The number of likely N-dealkylation sites (tertiary alicyclic amines) is 1. The summed E-state index contributed by atoms with van der Waals surface area (Å²) in [6, 6.07) is 8.97. The van der Waals surface area contributed by atoms with Crippen LogP contribution in [0.4, 0.5) is 5.69 Å². The molecule has 0 bridgehead atoms. The number of ether oxygens (including phenoxy) is 1. The van der Waals surface area contributed by atoms with Crippen molar-refractivity contribution < 1.29 is 9.53 Å². The number of hydrogen-bond donors (Lipinski definition) is 0. The number of piperidine rings is 1. The molecule has 126 valence electrons. The minimum atomic E-state index is 0.137. The second-order valence-corrected chi connectivity index (χ2v) is 6.64. The zero-order chi connectivity index (χ0) is 16.1. The molecule has 0 unspecified atom stereocenters. The van der Waals surface area contributed by atoms with Crippen molar-refractivity contribution in [2.24, 2.45) is 0 Å². The Kier molecular flexibility index (Phi) is 5.55. The molecule has 0 amide bonds. The van der Waals surface area contributed by atoms with E-state index in [2.05, 4.69) is 21.9 Å².